The molecule has 2 aromatic carbocycles. The van der Waals surface area contributed by atoms with Gasteiger partial charge in [0.2, 0.25) is 5.91 Å². The van der Waals surface area contributed by atoms with Crippen LogP contribution in [-0.4, -0.2) is 44.5 Å². The van der Waals surface area contributed by atoms with Crippen LogP contribution < -0.4 is 9.80 Å². The molecule has 0 bridgehead atoms. The van der Waals surface area contributed by atoms with Crippen LogP contribution >= 0.6 is 0 Å². The van der Waals surface area contributed by atoms with E-state index in [1.54, 1.807) is 4.90 Å². The number of para-hydroxylation sites is 1. The third kappa shape index (κ3) is 3.41. The zero-order valence-electron chi connectivity index (χ0n) is 16.5. The molecule has 5 nitrogen and oxygen atoms in total. The van der Waals surface area contributed by atoms with Gasteiger partial charge in [0.15, 0.2) is 9.84 Å². The van der Waals surface area contributed by atoms with Gasteiger partial charge in [-0.3, -0.25) is 4.79 Å². The number of fused-ring (bicyclic) bond motifs is 1. The number of rotatable bonds is 2. The van der Waals surface area contributed by atoms with E-state index in [0.717, 1.165) is 11.4 Å². The van der Waals surface area contributed by atoms with Gasteiger partial charge in [0.25, 0.3) is 0 Å². The summed E-state index contributed by atoms with van der Waals surface area (Å²) in [7, 11) is -3.20. The van der Waals surface area contributed by atoms with Crippen molar-refractivity contribution >= 4 is 27.1 Å². The van der Waals surface area contributed by atoms with E-state index in [1.165, 1.54) is 5.56 Å². The second-order valence-corrected chi connectivity index (χ2v) is 10.9. The minimum Gasteiger partial charge on any atom is -0.356 e. The van der Waals surface area contributed by atoms with E-state index in [1.807, 2.05) is 47.4 Å². The molecule has 28 heavy (non-hydrogen) atoms. The SMILES string of the molecule is CC(C)(C)c1ccc(N2CC(=O)N(c3ccccc3)[C@@H]3CS(=O)(=O)C[C@@H]32)cc1. The maximum absolute atomic E-state index is 13.0. The van der Waals surface area contributed by atoms with Crippen LogP contribution in [0.4, 0.5) is 11.4 Å². The molecule has 2 aliphatic heterocycles. The van der Waals surface area contributed by atoms with E-state index in [-0.39, 0.29) is 41.5 Å². The second kappa shape index (κ2) is 6.62. The molecule has 0 saturated carbocycles. The molecule has 4 rings (SSSR count). The van der Waals surface area contributed by atoms with Gasteiger partial charge < -0.3 is 9.80 Å². The number of carbonyl (C=O) groups excluding carboxylic acids is 1. The van der Waals surface area contributed by atoms with Gasteiger partial charge >= 0.3 is 0 Å². The highest BCUT2D eigenvalue weighted by Gasteiger charge is 2.49. The zero-order valence-corrected chi connectivity index (χ0v) is 17.3. The topological polar surface area (TPSA) is 57.7 Å². The van der Waals surface area contributed by atoms with Crippen LogP contribution in [0.2, 0.25) is 0 Å². The van der Waals surface area contributed by atoms with Gasteiger partial charge in [0.1, 0.15) is 0 Å². The van der Waals surface area contributed by atoms with Crippen LogP contribution in [0, 0.1) is 0 Å². The normalized spacial score (nSPS) is 24.3. The van der Waals surface area contributed by atoms with Crippen molar-refractivity contribution in [2.24, 2.45) is 0 Å². The fourth-order valence-electron chi connectivity index (χ4n) is 4.24. The minimum absolute atomic E-state index is 0.00881. The van der Waals surface area contributed by atoms with E-state index in [2.05, 4.69) is 32.9 Å². The number of sulfone groups is 1. The molecule has 0 radical (unpaired) electrons. The van der Waals surface area contributed by atoms with Crippen molar-refractivity contribution in [3.05, 3.63) is 60.2 Å². The fourth-order valence-corrected chi connectivity index (χ4v) is 6.19. The number of benzene rings is 2. The van der Waals surface area contributed by atoms with Crippen LogP contribution in [0.1, 0.15) is 26.3 Å². The Kier molecular flexibility index (Phi) is 4.49. The molecule has 0 N–H and O–H groups in total. The highest BCUT2D eigenvalue weighted by molar-refractivity contribution is 7.91. The Bertz CT molecular complexity index is 979. The van der Waals surface area contributed by atoms with Gasteiger partial charge in [-0.25, -0.2) is 8.42 Å². The molecule has 0 aliphatic carbocycles. The Balaban J connectivity index is 1.71. The Hall–Kier alpha value is -2.34. The first-order valence-electron chi connectivity index (χ1n) is 9.60. The van der Waals surface area contributed by atoms with Crippen molar-refractivity contribution in [2.45, 2.75) is 38.3 Å². The molecule has 2 saturated heterocycles. The lowest BCUT2D eigenvalue weighted by Crippen LogP contribution is -2.62. The Morgan fingerprint density at radius 3 is 2.07 bits per heavy atom. The first-order chi connectivity index (χ1) is 13.2. The van der Waals surface area contributed by atoms with Gasteiger partial charge in [-0.15, -0.1) is 0 Å². The van der Waals surface area contributed by atoms with Gasteiger partial charge in [-0.05, 0) is 35.2 Å². The van der Waals surface area contributed by atoms with Gasteiger partial charge in [-0.1, -0.05) is 51.1 Å². The zero-order chi connectivity index (χ0) is 20.1. The molecule has 2 fully saturated rings. The summed E-state index contributed by atoms with van der Waals surface area (Å²) in [5, 5.41) is 0. The molecule has 0 unspecified atom stereocenters. The Morgan fingerprint density at radius 2 is 1.46 bits per heavy atom. The van der Waals surface area contributed by atoms with E-state index >= 15 is 0 Å². The number of nitrogens with zero attached hydrogens (tertiary/aromatic N) is 2. The van der Waals surface area contributed by atoms with Gasteiger partial charge in [-0.2, -0.15) is 0 Å². The van der Waals surface area contributed by atoms with Crippen LogP contribution in [0.3, 0.4) is 0 Å². The summed E-state index contributed by atoms with van der Waals surface area (Å²) in [5.41, 5.74) is 2.92. The molecule has 2 aromatic rings. The van der Waals surface area contributed by atoms with E-state index in [4.69, 9.17) is 0 Å². The quantitative estimate of drug-likeness (QED) is 0.780. The first-order valence-corrected chi connectivity index (χ1v) is 11.4. The molecular weight excluding hydrogens is 372 g/mol. The summed E-state index contributed by atoms with van der Waals surface area (Å²) in [6, 6.07) is 16.9. The van der Waals surface area contributed by atoms with Crippen LogP contribution in [0.15, 0.2) is 54.6 Å². The average molecular weight is 399 g/mol. The van der Waals surface area contributed by atoms with Crippen molar-refractivity contribution in [1.29, 1.82) is 0 Å². The van der Waals surface area contributed by atoms with Crippen LogP contribution in [0.5, 0.6) is 0 Å². The van der Waals surface area contributed by atoms with Gasteiger partial charge in [0.05, 0.1) is 30.1 Å². The number of carbonyl (C=O) groups is 1. The maximum atomic E-state index is 13.0. The molecule has 1 amide bonds. The standard InChI is InChI=1S/C22H26N2O3S/c1-22(2,3)16-9-11-17(12-10-16)23-13-21(25)24(18-7-5-4-6-8-18)20-15-28(26,27)14-19(20)23/h4-12,19-20H,13-15H2,1-3H3/t19-,20+/m0/s1. The highest BCUT2D eigenvalue weighted by atomic mass is 32.2. The predicted octanol–water partition coefficient (Wildman–Crippen LogP) is 3.00. The monoisotopic (exact) mass is 398 g/mol. The molecule has 0 aromatic heterocycles. The minimum atomic E-state index is -3.20. The van der Waals surface area contributed by atoms with Crippen molar-refractivity contribution in [2.75, 3.05) is 27.9 Å². The molecule has 2 heterocycles. The van der Waals surface area contributed by atoms with E-state index in [0.29, 0.717) is 0 Å². The number of hydrogen-bond acceptors (Lipinski definition) is 4. The molecular formula is C22H26N2O3S. The lowest BCUT2D eigenvalue weighted by molar-refractivity contribution is -0.118. The third-order valence-corrected chi connectivity index (χ3v) is 7.40. The summed E-state index contributed by atoms with van der Waals surface area (Å²) >= 11 is 0. The second-order valence-electron chi connectivity index (χ2n) is 8.74. The van der Waals surface area contributed by atoms with E-state index < -0.39 is 9.84 Å². The van der Waals surface area contributed by atoms with E-state index in [9.17, 15) is 13.2 Å². The third-order valence-electron chi connectivity index (χ3n) is 5.70. The molecule has 6 heteroatoms. The number of anilines is 2. The summed E-state index contributed by atoms with van der Waals surface area (Å²) in [6.07, 6.45) is 0. The van der Waals surface area contributed by atoms with Gasteiger partial charge in [0, 0.05) is 11.4 Å². The molecule has 2 atom stereocenters. The fraction of sp³-hybridized carbons (Fsp3) is 0.409. The summed E-state index contributed by atoms with van der Waals surface area (Å²) in [6.45, 7) is 6.65. The highest BCUT2D eigenvalue weighted by Crippen LogP contribution is 2.35. The predicted molar refractivity (Wildman–Crippen MR) is 113 cm³/mol. The number of amides is 1. The van der Waals surface area contributed by atoms with Crippen molar-refractivity contribution in [1.82, 2.24) is 0 Å². The summed E-state index contributed by atoms with van der Waals surface area (Å²) in [4.78, 5) is 16.7. The van der Waals surface area contributed by atoms with Crippen LogP contribution in [-0.2, 0) is 20.0 Å². The van der Waals surface area contributed by atoms with Crippen LogP contribution in [0.25, 0.3) is 0 Å². The Labute approximate surface area is 166 Å². The summed E-state index contributed by atoms with van der Waals surface area (Å²) in [5.74, 6) is 0.0222. The molecule has 0 spiro atoms. The largest absolute Gasteiger partial charge is 0.356 e. The van der Waals surface area contributed by atoms with Crippen molar-refractivity contribution in [3.8, 4) is 0 Å². The lowest BCUT2D eigenvalue weighted by Gasteiger charge is -2.44. The number of hydrogen-bond donors (Lipinski definition) is 0. The maximum Gasteiger partial charge on any atom is 0.246 e. The first kappa shape index (κ1) is 19.0. The molecule has 2 aliphatic rings. The van der Waals surface area contributed by atoms with Crippen molar-refractivity contribution < 1.29 is 13.2 Å². The summed E-state index contributed by atoms with van der Waals surface area (Å²) < 4.78 is 25.0. The lowest BCUT2D eigenvalue weighted by atomic mass is 9.87. The smallest absolute Gasteiger partial charge is 0.246 e. The Morgan fingerprint density at radius 1 is 0.857 bits per heavy atom. The average Bonchev–Trinajstić information content (AvgIpc) is 2.96. The number of piperazine rings is 1. The molecule has 148 valence electrons. The van der Waals surface area contributed by atoms with Crippen molar-refractivity contribution in [3.63, 3.8) is 0 Å².